The summed E-state index contributed by atoms with van der Waals surface area (Å²) >= 11 is 0. The zero-order chi connectivity index (χ0) is 18.9. The molecule has 0 fully saturated rings. The molecule has 0 saturated heterocycles. The van der Waals surface area contributed by atoms with Crippen LogP contribution in [0.1, 0.15) is 27.7 Å². The Morgan fingerprint density at radius 2 is 1.04 bits per heavy atom. The predicted molar refractivity (Wildman–Crippen MR) is 78.5 cm³/mol. The molecule has 0 aromatic heterocycles. The van der Waals surface area contributed by atoms with E-state index in [0.29, 0.717) is 0 Å². The van der Waals surface area contributed by atoms with E-state index in [9.17, 15) is 24.0 Å². The van der Waals surface area contributed by atoms with Gasteiger partial charge in [-0.2, -0.15) is 0 Å². The Morgan fingerprint density at radius 1 is 0.708 bits per heavy atom. The lowest BCUT2D eigenvalue weighted by atomic mass is 10.0. The molecule has 0 aliphatic rings. The number of carbonyl (C=O) groups is 5. The lowest BCUT2D eigenvalue weighted by Crippen LogP contribution is -2.51. The van der Waals surface area contributed by atoms with Crippen molar-refractivity contribution in [3.8, 4) is 0 Å². The van der Waals surface area contributed by atoms with E-state index in [0.717, 1.165) is 33.8 Å². The SMILES string of the molecule is C=CC(OC(C)=O)[C@@H](OC(C)=O)[C@@H](OC(C)=O)[C@@H](C=O)OC(C)=O. The molecule has 0 heterocycles. The van der Waals surface area contributed by atoms with Gasteiger partial charge >= 0.3 is 23.9 Å². The molecule has 4 atom stereocenters. The van der Waals surface area contributed by atoms with Crippen molar-refractivity contribution in [1.82, 2.24) is 0 Å². The summed E-state index contributed by atoms with van der Waals surface area (Å²) in [5.41, 5.74) is 0. The van der Waals surface area contributed by atoms with Crippen LogP contribution < -0.4 is 0 Å². The Balaban J connectivity index is 5.83. The summed E-state index contributed by atoms with van der Waals surface area (Å²) in [6.07, 6.45) is -4.46. The highest BCUT2D eigenvalue weighted by Crippen LogP contribution is 2.19. The van der Waals surface area contributed by atoms with Crippen LogP contribution >= 0.6 is 0 Å². The molecule has 9 heteroatoms. The minimum Gasteiger partial charge on any atom is -0.454 e. The summed E-state index contributed by atoms with van der Waals surface area (Å²) in [6, 6.07) is 0. The van der Waals surface area contributed by atoms with Gasteiger partial charge in [-0.05, 0) is 6.08 Å². The Labute approximate surface area is 138 Å². The van der Waals surface area contributed by atoms with E-state index >= 15 is 0 Å². The van der Waals surface area contributed by atoms with Crippen molar-refractivity contribution in [2.24, 2.45) is 0 Å². The van der Waals surface area contributed by atoms with E-state index in [1.165, 1.54) is 0 Å². The van der Waals surface area contributed by atoms with Crippen molar-refractivity contribution in [3.05, 3.63) is 12.7 Å². The van der Waals surface area contributed by atoms with Gasteiger partial charge in [0.15, 0.2) is 30.7 Å². The highest BCUT2D eigenvalue weighted by molar-refractivity contribution is 5.72. The van der Waals surface area contributed by atoms with Gasteiger partial charge in [0.05, 0.1) is 0 Å². The molecule has 0 rings (SSSR count). The van der Waals surface area contributed by atoms with Gasteiger partial charge in [-0.3, -0.25) is 24.0 Å². The molecule has 24 heavy (non-hydrogen) atoms. The topological polar surface area (TPSA) is 122 Å². The molecule has 0 bridgehead atoms. The molecule has 0 radical (unpaired) electrons. The first-order chi connectivity index (χ1) is 11.1. The zero-order valence-electron chi connectivity index (χ0n) is 13.8. The number of hydrogen-bond acceptors (Lipinski definition) is 9. The van der Waals surface area contributed by atoms with Gasteiger partial charge in [0.2, 0.25) is 0 Å². The number of ether oxygens (including phenoxy) is 4. The van der Waals surface area contributed by atoms with Crippen molar-refractivity contribution in [1.29, 1.82) is 0 Å². The first-order valence-corrected chi connectivity index (χ1v) is 6.89. The number of hydrogen-bond donors (Lipinski definition) is 0. The molecule has 0 aromatic carbocycles. The quantitative estimate of drug-likeness (QED) is 0.248. The Bertz CT molecular complexity index is 465. The van der Waals surface area contributed by atoms with Crippen LogP contribution in [0.4, 0.5) is 0 Å². The smallest absolute Gasteiger partial charge is 0.303 e. The Morgan fingerprint density at radius 3 is 1.33 bits per heavy atom. The molecule has 0 aliphatic heterocycles. The summed E-state index contributed by atoms with van der Waals surface area (Å²) < 4.78 is 19.7. The minimum absolute atomic E-state index is 0.208. The predicted octanol–water partition coefficient (Wildman–Crippen LogP) is 0.0981. The lowest BCUT2D eigenvalue weighted by Gasteiger charge is -2.32. The largest absolute Gasteiger partial charge is 0.454 e. The summed E-state index contributed by atoms with van der Waals surface area (Å²) in [7, 11) is 0. The third kappa shape index (κ3) is 7.52. The van der Waals surface area contributed by atoms with E-state index in [1.807, 2.05) is 0 Å². The van der Waals surface area contributed by atoms with E-state index in [-0.39, 0.29) is 6.29 Å². The van der Waals surface area contributed by atoms with Crippen LogP contribution in [0, 0.1) is 0 Å². The number of carbonyl (C=O) groups excluding carboxylic acids is 5. The molecule has 0 spiro atoms. The molecule has 0 N–H and O–H groups in total. The zero-order valence-corrected chi connectivity index (χ0v) is 13.8. The second kappa shape index (κ2) is 10.1. The van der Waals surface area contributed by atoms with Crippen LogP contribution in [0.15, 0.2) is 12.7 Å². The summed E-state index contributed by atoms with van der Waals surface area (Å²) in [4.78, 5) is 56.2. The second-order valence-corrected chi connectivity index (χ2v) is 4.67. The molecule has 1 unspecified atom stereocenters. The third-order valence-corrected chi connectivity index (χ3v) is 2.55. The van der Waals surface area contributed by atoms with Gasteiger partial charge < -0.3 is 18.9 Å². The van der Waals surface area contributed by atoms with Crippen molar-refractivity contribution in [2.45, 2.75) is 52.1 Å². The second-order valence-electron chi connectivity index (χ2n) is 4.67. The van der Waals surface area contributed by atoms with Gasteiger partial charge in [-0.15, -0.1) is 0 Å². The highest BCUT2D eigenvalue weighted by atomic mass is 16.6. The fourth-order valence-corrected chi connectivity index (χ4v) is 1.83. The van der Waals surface area contributed by atoms with Gasteiger partial charge in [-0.25, -0.2) is 0 Å². The summed E-state index contributed by atoms with van der Waals surface area (Å²) in [6.45, 7) is 7.70. The standard InChI is InChI=1S/C15H20O9/c1-6-12(21-8(2)17)14(23-10(4)19)15(24-11(5)20)13(7-16)22-9(3)18/h6-7,12-15H,1H2,2-5H3/t12?,13-,14-,15+/m1/s1. The van der Waals surface area contributed by atoms with Crippen molar-refractivity contribution >= 4 is 30.2 Å². The third-order valence-electron chi connectivity index (χ3n) is 2.55. The minimum atomic E-state index is -1.58. The fraction of sp³-hybridized carbons (Fsp3) is 0.533. The number of rotatable bonds is 9. The Kier molecular flexibility index (Phi) is 8.99. The van der Waals surface area contributed by atoms with E-state index in [1.54, 1.807) is 0 Å². The molecule has 0 aromatic rings. The maximum Gasteiger partial charge on any atom is 0.303 e. The van der Waals surface area contributed by atoms with Crippen LogP contribution in [-0.2, 0) is 42.9 Å². The molecule has 134 valence electrons. The average Bonchev–Trinajstić information content (AvgIpc) is 2.45. The van der Waals surface area contributed by atoms with Gasteiger partial charge in [0.1, 0.15) is 0 Å². The average molecular weight is 344 g/mol. The van der Waals surface area contributed by atoms with Crippen LogP contribution in [0.5, 0.6) is 0 Å². The van der Waals surface area contributed by atoms with Crippen molar-refractivity contribution < 1.29 is 42.9 Å². The first kappa shape index (κ1) is 21.3. The van der Waals surface area contributed by atoms with Crippen molar-refractivity contribution in [3.63, 3.8) is 0 Å². The Hall–Kier alpha value is -2.71. The summed E-state index contributed by atoms with van der Waals surface area (Å²) in [5, 5.41) is 0. The molecular weight excluding hydrogens is 324 g/mol. The van der Waals surface area contributed by atoms with E-state index < -0.39 is 48.3 Å². The molecule has 0 aliphatic carbocycles. The number of aldehydes is 1. The number of esters is 4. The lowest BCUT2D eigenvalue weighted by molar-refractivity contribution is -0.193. The maximum absolute atomic E-state index is 11.4. The van der Waals surface area contributed by atoms with E-state index in [4.69, 9.17) is 18.9 Å². The maximum atomic E-state index is 11.4. The van der Waals surface area contributed by atoms with Crippen LogP contribution in [0.2, 0.25) is 0 Å². The van der Waals surface area contributed by atoms with E-state index in [2.05, 4.69) is 6.58 Å². The normalized spacial score (nSPS) is 15.0. The molecular formula is C15H20O9. The van der Waals surface area contributed by atoms with Crippen molar-refractivity contribution in [2.75, 3.05) is 0 Å². The molecule has 0 amide bonds. The van der Waals surface area contributed by atoms with Gasteiger partial charge in [0.25, 0.3) is 0 Å². The first-order valence-electron chi connectivity index (χ1n) is 6.89. The molecule has 0 saturated carbocycles. The van der Waals surface area contributed by atoms with Crippen LogP contribution in [-0.4, -0.2) is 54.6 Å². The molecule has 9 nitrogen and oxygen atoms in total. The summed E-state index contributed by atoms with van der Waals surface area (Å²) in [5.74, 6) is -3.19. The highest BCUT2D eigenvalue weighted by Gasteiger charge is 2.42. The van der Waals surface area contributed by atoms with Crippen LogP contribution in [0.25, 0.3) is 0 Å². The monoisotopic (exact) mass is 344 g/mol. The fourth-order valence-electron chi connectivity index (χ4n) is 1.83. The van der Waals surface area contributed by atoms with Crippen LogP contribution in [0.3, 0.4) is 0 Å². The van der Waals surface area contributed by atoms with Gasteiger partial charge in [0, 0.05) is 27.7 Å². The van der Waals surface area contributed by atoms with Gasteiger partial charge in [-0.1, -0.05) is 6.58 Å².